The van der Waals surface area contributed by atoms with Gasteiger partial charge in [-0.3, -0.25) is 4.79 Å². The van der Waals surface area contributed by atoms with E-state index < -0.39 is 6.10 Å². The normalized spacial score (nSPS) is 30.2. The van der Waals surface area contributed by atoms with Gasteiger partial charge in [0, 0.05) is 19.0 Å². The molecule has 1 aromatic rings. The van der Waals surface area contributed by atoms with Crippen LogP contribution in [0.5, 0.6) is 0 Å². The molecular formula is C18H27NO4. The maximum atomic E-state index is 12.9. The molecule has 0 aliphatic carbocycles. The number of aliphatic hydroxyl groups excluding tert-OH is 1. The van der Waals surface area contributed by atoms with E-state index in [1.807, 2.05) is 11.8 Å². The predicted molar refractivity (Wildman–Crippen MR) is 85.8 cm³/mol. The van der Waals surface area contributed by atoms with Gasteiger partial charge in [-0.2, -0.15) is 0 Å². The highest BCUT2D eigenvalue weighted by atomic mass is 16.5. The molecule has 3 rings (SSSR count). The number of carbonyl (C=O) groups is 1. The molecule has 4 atom stereocenters. The van der Waals surface area contributed by atoms with Crippen molar-refractivity contribution in [3.63, 3.8) is 0 Å². The van der Waals surface area contributed by atoms with Gasteiger partial charge in [-0.15, -0.1) is 0 Å². The van der Waals surface area contributed by atoms with Crippen LogP contribution in [0.15, 0.2) is 22.8 Å². The Bertz CT molecular complexity index is 501. The van der Waals surface area contributed by atoms with Gasteiger partial charge in [0.25, 0.3) is 5.91 Å². The SMILES string of the molecule is C[C@@H]1CC[C@H](C(=O)N2CCCCC[C@H]2C[C@H](O)c2ccco2)O1. The van der Waals surface area contributed by atoms with Crippen LogP contribution in [-0.4, -0.2) is 40.7 Å². The Morgan fingerprint density at radius 3 is 2.91 bits per heavy atom. The van der Waals surface area contributed by atoms with E-state index in [-0.39, 0.29) is 24.2 Å². The summed E-state index contributed by atoms with van der Waals surface area (Å²) in [5, 5.41) is 10.4. The van der Waals surface area contributed by atoms with Gasteiger partial charge in [0.05, 0.1) is 12.4 Å². The van der Waals surface area contributed by atoms with Crippen molar-refractivity contribution in [1.82, 2.24) is 4.90 Å². The number of amides is 1. The summed E-state index contributed by atoms with van der Waals surface area (Å²) < 4.78 is 11.1. The van der Waals surface area contributed by atoms with Crippen molar-refractivity contribution < 1.29 is 19.1 Å². The topological polar surface area (TPSA) is 62.9 Å². The molecule has 0 unspecified atom stereocenters. The number of aliphatic hydroxyl groups is 1. The highest BCUT2D eigenvalue weighted by Crippen LogP contribution is 2.29. The highest BCUT2D eigenvalue weighted by molar-refractivity contribution is 5.81. The second-order valence-corrected chi connectivity index (χ2v) is 6.81. The average Bonchev–Trinajstić information content (AvgIpc) is 3.16. The number of carbonyl (C=O) groups excluding carboxylic acids is 1. The fourth-order valence-corrected chi connectivity index (χ4v) is 3.74. The summed E-state index contributed by atoms with van der Waals surface area (Å²) in [6, 6.07) is 3.63. The van der Waals surface area contributed by atoms with Gasteiger partial charge >= 0.3 is 0 Å². The molecule has 1 amide bonds. The fraction of sp³-hybridized carbons (Fsp3) is 0.722. The van der Waals surface area contributed by atoms with Crippen LogP contribution >= 0.6 is 0 Å². The van der Waals surface area contributed by atoms with Crippen molar-refractivity contribution in [2.24, 2.45) is 0 Å². The quantitative estimate of drug-likeness (QED) is 0.926. The molecule has 3 heterocycles. The fourth-order valence-electron chi connectivity index (χ4n) is 3.74. The van der Waals surface area contributed by atoms with Crippen LogP contribution < -0.4 is 0 Å². The minimum atomic E-state index is -0.660. The molecule has 2 fully saturated rings. The van der Waals surface area contributed by atoms with Crippen molar-refractivity contribution in [2.45, 2.75) is 76.2 Å². The lowest BCUT2D eigenvalue weighted by molar-refractivity contribution is -0.145. The molecule has 0 bridgehead atoms. The molecule has 0 saturated carbocycles. The van der Waals surface area contributed by atoms with Crippen LogP contribution in [0.3, 0.4) is 0 Å². The van der Waals surface area contributed by atoms with Crippen LogP contribution in [0, 0.1) is 0 Å². The monoisotopic (exact) mass is 321 g/mol. The molecule has 5 nitrogen and oxygen atoms in total. The molecule has 1 N–H and O–H groups in total. The average molecular weight is 321 g/mol. The van der Waals surface area contributed by atoms with Gasteiger partial charge in [0.1, 0.15) is 18.0 Å². The second-order valence-electron chi connectivity index (χ2n) is 6.81. The summed E-state index contributed by atoms with van der Waals surface area (Å²) >= 11 is 0. The Morgan fingerprint density at radius 1 is 1.35 bits per heavy atom. The van der Waals surface area contributed by atoms with E-state index >= 15 is 0 Å². The third kappa shape index (κ3) is 3.96. The third-order valence-corrected chi connectivity index (χ3v) is 5.03. The highest BCUT2D eigenvalue weighted by Gasteiger charge is 2.36. The van der Waals surface area contributed by atoms with Gasteiger partial charge in [-0.25, -0.2) is 0 Å². The van der Waals surface area contributed by atoms with Gasteiger partial charge in [0.15, 0.2) is 0 Å². The molecule has 2 saturated heterocycles. The molecule has 23 heavy (non-hydrogen) atoms. The van der Waals surface area contributed by atoms with Crippen LogP contribution in [-0.2, 0) is 9.53 Å². The lowest BCUT2D eigenvalue weighted by atomic mass is 10.0. The van der Waals surface area contributed by atoms with Crippen LogP contribution in [0.4, 0.5) is 0 Å². The van der Waals surface area contributed by atoms with Crippen molar-refractivity contribution in [1.29, 1.82) is 0 Å². The number of likely N-dealkylation sites (tertiary alicyclic amines) is 1. The summed E-state index contributed by atoms with van der Waals surface area (Å²) in [4.78, 5) is 14.8. The maximum Gasteiger partial charge on any atom is 0.251 e. The largest absolute Gasteiger partial charge is 0.467 e. The van der Waals surface area contributed by atoms with Crippen molar-refractivity contribution in [3.05, 3.63) is 24.2 Å². The number of nitrogens with zero attached hydrogens (tertiary/aromatic N) is 1. The molecule has 0 spiro atoms. The number of ether oxygens (including phenoxy) is 1. The summed E-state index contributed by atoms with van der Waals surface area (Å²) in [6.07, 6.45) is 7.27. The van der Waals surface area contributed by atoms with Gasteiger partial charge in [-0.05, 0) is 44.7 Å². The van der Waals surface area contributed by atoms with Crippen LogP contribution in [0.1, 0.15) is 63.7 Å². The molecule has 2 aliphatic heterocycles. The Morgan fingerprint density at radius 2 is 2.22 bits per heavy atom. The molecular weight excluding hydrogens is 294 g/mol. The summed E-state index contributed by atoms with van der Waals surface area (Å²) in [5.41, 5.74) is 0. The van der Waals surface area contributed by atoms with E-state index in [2.05, 4.69) is 0 Å². The van der Waals surface area contributed by atoms with Crippen LogP contribution in [0.2, 0.25) is 0 Å². The van der Waals surface area contributed by atoms with Crippen molar-refractivity contribution in [2.75, 3.05) is 6.54 Å². The van der Waals surface area contributed by atoms with E-state index in [4.69, 9.17) is 9.15 Å². The van der Waals surface area contributed by atoms with Gasteiger partial charge < -0.3 is 19.2 Å². The first kappa shape index (κ1) is 16.5. The van der Waals surface area contributed by atoms with E-state index in [1.165, 1.54) is 0 Å². The Kier molecular flexibility index (Phi) is 5.38. The third-order valence-electron chi connectivity index (χ3n) is 5.03. The van der Waals surface area contributed by atoms with Crippen LogP contribution in [0.25, 0.3) is 0 Å². The number of furan rings is 1. The first-order chi connectivity index (χ1) is 11.1. The zero-order valence-corrected chi connectivity index (χ0v) is 13.8. The molecule has 0 aromatic carbocycles. The minimum absolute atomic E-state index is 0.0598. The smallest absolute Gasteiger partial charge is 0.251 e. The Labute approximate surface area is 137 Å². The number of hydrogen-bond donors (Lipinski definition) is 1. The summed E-state index contributed by atoms with van der Waals surface area (Å²) in [6.45, 7) is 2.79. The van der Waals surface area contributed by atoms with Crippen molar-refractivity contribution >= 4 is 5.91 Å². The first-order valence-electron chi connectivity index (χ1n) is 8.82. The summed E-state index contributed by atoms with van der Waals surface area (Å²) in [7, 11) is 0. The van der Waals surface area contributed by atoms with E-state index in [0.29, 0.717) is 12.2 Å². The van der Waals surface area contributed by atoms with Gasteiger partial charge in [0.2, 0.25) is 0 Å². The maximum absolute atomic E-state index is 12.9. The standard InChI is InChI=1S/C18H27NO4/c1-13-8-9-17(23-13)18(21)19-10-4-2-3-6-14(19)12-15(20)16-7-5-11-22-16/h5,7,11,13-15,17,20H,2-4,6,8-10,12H2,1H3/t13-,14+,15+,17-/m1/s1. The number of hydrogen-bond acceptors (Lipinski definition) is 4. The predicted octanol–water partition coefficient (Wildman–Crippen LogP) is 3.04. The zero-order valence-electron chi connectivity index (χ0n) is 13.8. The first-order valence-corrected chi connectivity index (χ1v) is 8.82. The van der Waals surface area contributed by atoms with E-state index in [0.717, 1.165) is 45.1 Å². The van der Waals surface area contributed by atoms with Gasteiger partial charge in [-0.1, -0.05) is 12.8 Å². The molecule has 2 aliphatic rings. The molecule has 5 heteroatoms. The minimum Gasteiger partial charge on any atom is -0.467 e. The molecule has 0 radical (unpaired) electrons. The molecule has 1 aromatic heterocycles. The molecule has 128 valence electrons. The Balaban J connectivity index is 1.68. The Hall–Kier alpha value is -1.33. The number of rotatable bonds is 4. The second kappa shape index (κ2) is 7.49. The lowest BCUT2D eigenvalue weighted by Gasteiger charge is -2.33. The van der Waals surface area contributed by atoms with Crippen molar-refractivity contribution in [3.8, 4) is 0 Å². The zero-order chi connectivity index (χ0) is 16.2. The van der Waals surface area contributed by atoms with E-state index in [9.17, 15) is 9.90 Å². The summed E-state index contributed by atoms with van der Waals surface area (Å²) in [5.74, 6) is 0.681. The van der Waals surface area contributed by atoms with E-state index in [1.54, 1.807) is 18.4 Å². The lowest BCUT2D eigenvalue weighted by Crippen LogP contribution is -2.46.